The van der Waals surface area contributed by atoms with E-state index in [-0.39, 0.29) is 43.8 Å². The molecule has 0 unspecified atom stereocenters. The molecule has 30 heavy (non-hydrogen) atoms. The van der Waals surface area contributed by atoms with Gasteiger partial charge in [-0.15, -0.1) is 0 Å². The van der Waals surface area contributed by atoms with Gasteiger partial charge in [0.15, 0.2) is 6.61 Å². The number of nitrogens with one attached hydrogen (secondary N) is 1. The SMILES string of the molecule is Cc1ccc(-c2cc(NC(=O)COC(=O)CCCN3C(=O)CN(C)C3=O)on2)cc1. The molecule has 10 nitrogen and oxygen atoms in total. The van der Waals surface area contributed by atoms with Crippen LogP contribution in [0.5, 0.6) is 0 Å². The van der Waals surface area contributed by atoms with E-state index in [4.69, 9.17) is 9.26 Å². The van der Waals surface area contributed by atoms with E-state index in [9.17, 15) is 19.2 Å². The van der Waals surface area contributed by atoms with Crippen LogP contribution in [0.1, 0.15) is 18.4 Å². The average molecular weight is 414 g/mol. The van der Waals surface area contributed by atoms with E-state index in [1.165, 1.54) is 11.9 Å². The molecule has 0 radical (unpaired) electrons. The molecule has 0 spiro atoms. The minimum atomic E-state index is -0.601. The maximum absolute atomic E-state index is 11.9. The maximum Gasteiger partial charge on any atom is 0.326 e. The molecule has 0 aliphatic carbocycles. The molecule has 158 valence electrons. The number of benzene rings is 1. The molecular formula is C20H22N4O6. The summed E-state index contributed by atoms with van der Waals surface area (Å²) in [5.41, 5.74) is 2.53. The number of urea groups is 1. The molecule has 0 atom stereocenters. The van der Waals surface area contributed by atoms with Crippen LogP contribution in [0, 0.1) is 6.92 Å². The second kappa shape index (κ2) is 9.21. The lowest BCUT2D eigenvalue weighted by Crippen LogP contribution is -2.32. The van der Waals surface area contributed by atoms with Crippen molar-refractivity contribution in [3.8, 4) is 11.3 Å². The Hall–Kier alpha value is -3.69. The van der Waals surface area contributed by atoms with Crippen molar-refractivity contribution in [3.05, 3.63) is 35.9 Å². The number of carbonyl (C=O) groups excluding carboxylic acids is 4. The summed E-state index contributed by atoms with van der Waals surface area (Å²) < 4.78 is 9.99. The van der Waals surface area contributed by atoms with Crippen molar-refractivity contribution < 1.29 is 28.4 Å². The van der Waals surface area contributed by atoms with Crippen molar-refractivity contribution in [2.24, 2.45) is 0 Å². The number of aromatic nitrogens is 1. The molecule has 10 heteroatoms. The van der Waals surface area contributed by atoms with Gasteiger partial charge in [-0.3, -0.25) is 24.6 Å². The molecule has 1 saturated heterocycles. The van der Waals surface area contributed by atoms with Crippen molar-refractivity contribution in [3.63, 3.8) is 0 Å². The van der Waals surface area contributed by atoms with Crippen LogP contribution in [-0.4, -0.2) is 65.5 Å². The summed E-state index contributed by atoms with van der Waals surface area (Å²) in [6.45, 7) is 1.66. The van der Waals surface area contributed by atoms with Crippen molar-refractivity contribution in [1.29, 1.82) is 0 Å². The number of anilines is 1. The average Bonchev–Trinajstić information content (AvgIpc) is 3.26. The van der Waals surface area contributed by atoms with E-state index in [1.807, 2.05) is 31.2 Å². The smallest absolute Gasteiger partial charge is 0.326 e. The van der Waals surface area contributed by atoms with Gasteiger partial charge in [-0.2, -0.15) is 0 Å². The van der Waals surface area contributed by atoms with Crippen LogP contribution in [0.3, 0.4) is 0 Å². The topological polar surface area (TPSA) is 122 Å². The Morgan fingerprint density at radius 1 is 1.23 bits per heavy atom. The van der Waals surface area contributed by atoms with Crippen LogP contribution in [0.4, 0.5) is 10.7 Å². The van der Waals surface area contributed by atoms with Gasteiger partial charge in [-0.25, -0.2) is 4.79 Å². The van der Waals surface area contributed by atoms with E-state index in [2.05, 4.69) is 10.5 Å². The van der Waals surface area contributed by atoms with Crippen LogP contribution in [0.15, 0.2) is 34.9 Å². The zero-order valence-electron chi connectivity index (χ0n) is 16.7. The highest BCUT2D eigenvalue weighted by atomic mass is 16.5. The molecule has 1 aromatic heterocycles. The first kappa shape index (κ1) is 21.0. The van der Waals surface area contributed by atoms with Gasteiger partial charge in [0.25, 0.3) is 5.91 Å². The number of ether oxygens (including phenoxy) is 1. The van der Waals surface area contributed by atoms with Gasteiger partial charge in [0.05, 0.1) is 0 Å². The van der Waals surface area contributed by atoms with Gasteiger partial charge in [-0.05, 0) is 13.3 Å². The Balaban J connectivity index is 1.38. The molecule has 1 fully saturated rings. The molecule has 2 aromatic rings. The minimum Gasteiger partial charge on any atom is -0.456 e. The number of hydrogen-bond donors (Lipinski definition) is 1. The standard InChI is InChI=1S/C20H22N4O6/c1-13-5-7-14(8-6-13)15-10-17(30-22-15)21-16(25)12-29-19(27)4-3-9-24-18(26)11-23(2)20(24)28/h5-8,10H,3-4,9,11-12H2,1-2H3,(H,21,25). The van der Waals surface area contributed by atoms with E-state index in [0.29, 0.717) is 5.69 Å². The quantitative estimate of drug-likeness (QED) is 0.516. The van der Waals surface area contributed by atoms with Gasteiger partial charge < -0.3 is 14.2 Å². The highest BCUT2D eigenvalue weighted by molar-refractivity contribution is 6.01. The normalized spacial score (nSPS) is 13.7. The number of rotatable bonds is 8. The third kappa shape index (κ3) is 5.22. The number of amides is 4. The number of hydrogen-bond acceptors (Lipinski definition) is 7. The Morgan fingerprint density at radius 2 is 1.97 bits per heavy atom. The number of likely N-dealkylation sites (N-methyl/N-ethyl adjacent to an activating group) is 1. The van der Waals surface area contributed by atoms with E-state index >= 15 is 0 Å². The third-order valence-electron chi connectivity index (χ3n) is 4.48. The van der Waals surface area contributed by atoms with Gasteiger partial charge in [0.1, 0.15) is 12.2 Å². The van der Waals surface area contributed by atoms with E-state index in [1.54, 1.807) is 6.07 Å². The van der Waals surface area contributed by atoms with Crippen molar-refractivity contribution >= 4 is 29.7 Å². The summed E-state index contributed by atoms with van der Waals surface area (Å²) in [6, 6.07) is 8.85. The first-order chi connectivity index (χ1) is 14.3. The molecule has 1 aromatic carbocycles. The molecular weight excluding hydrogens is 392 g/mol. The zero-order chi connectivity index (χ0) is 21.7. The second-order valence-electron chi connectivity index (χ2n) is 6.94. The largest absolute Gasteiger partial charge is 0.456 e. The Kier molecular flexibility index (Phi) is 6.45. The lowest BCUT2D eigenvalue weighted by Gasteiger charge is -2.13. The number of carbonyl (C=O) groups is 4. The van der Waals surface area contributed by atoms with Crippen molar-refractivity contribution in [2.75, 3.05) is 32.1 Å². The van der Waals surface area contributed by atoms with Gasteiger partial charge >= 0.3 is 12.0 Å². The van der Waals surface area contributed by atoms with E-state index in [0.717, 1.165) is 16.0 Å². The highest BCUT2D eigenvalue weighted by Gasteiger charge is 2.32. The summed E-state index contributed by atoms with van der Waals surface area (Å²) in [5.74, 6) is -1.33. The monoisotopic (exact) mass is 414 g/mol. The summed E-state index contributed by atoms with van der Waals surface area (Å²) in [7, 11) is 1.53. The molecule has 0 bridgehead atoms. The number of aryl methyl sites for hydroxylation is 1. The fourth-order valence-corrected chi connectivity index (χ4v) is 2.86. The lowest BCUT2D eigenvalue weighted by molar-refractivity contribution is -0.147. The Bertz CT molecular complexity index is 952. The molecule has 1 aliphatic rings. The molecule has 0 saturated carbocycles. The van der Waals surface area contributed by atoms with Crippen LogP contribution >= 0.6 is 0 Å². The van der Waals surface area contributed by atoms with Gasteiger partial charge in [0, 0.05) is 31.6 Å². The Morgan fingerprint density at radius 3 is 2.63 bits per heavy atom. The molecule has 1 N–H and O–H groups in total. The van der Waals surface area contributed by atoms with Gasteiger partial charge in [-0.1, -0.05) is 35.0 Å². The number of esters is 1. The summed E-state index contributed by atoms with van der Waals surface area (Å²) in [6.07, 6.45) is 0.238. The van der Waals surface area contributed by atoms with Crippen LogP contribution < -0.4 is 5.32 Å². The van der Waals surface area contributed by atoms with Crippen molar-refractivity contribution in [2.45, 2.75) is 19.8 Å². The first-order valence-corrected chi connectivity index (χ1v) is 9.38. The Labute approximate surface area is 172 Å². The predicted molar refractivity (Wildman–Crippen MR) is 105 cm³/mol. The van der Waals surface area contributed by atoms with Gasteiger partial charge in [0.2, 0.25) is 11.8 Å². The molecule has 3 rings (SSSR count). The number of nitrogens with zero attached hydrogens (tertiary/aromatic N) is 3. The second-order valence-corrected chi connectivity index (χ2v) is 6.94. The van der Waals surface area contributed by atoms with Crippen molar-refractivity contribution in [1.82, 2.24) is 15.0 Å². The fraction of sp³-hybridized carbons (Fsp3) is 0.350. The lowest BCUT2D eigenvalue weighted by atomic mass is 10.1. The zero-order valence-corrected chi connectivity index (χ0v) is 16.7. The molecule has 2 heterocycles. The maximum atomic E-state index is 11.9. The van der Waals surface area contributed by atoms with Crippen LogP contribution in [-0.2, 0) is 19.1 Å². The minimum absolute atomic E-state index is 0.0199. The summed E-state index contributed by atoms with van der Waals surface area (Å²) >= 11 is 0. The molecule has 1 aliphatic heterocycles. The highest BCUT2D eigenvalue weighted by Crippen LogP contribution is 2.22. The fourth-order valence-electron chi connectivity index (χ4n) is 2.86. The van der Waals surface area contributed by atoms with Crippen LogP contribution in [0.25, 0.3) is 11.3 Å². The molecule has 4 amide bonds. The van der Waals surface area contributed by atoms with Crippen LogP contribution in [0.2, 0.25) is 0 Å². The predicted octanol–water partition coefficient (Wildman–Crippen LogP) is 1.81. The van der Waals surface area contributed by atoms with E-state index < -0.39 is 18.5 Å². The summed E-state index contributed by atoms with van der Waals surface area (Å²) in [4.78, 5) is 49.5. The summed E-state index contributed by atoms with van der Waals surface area (Å²) in [5, 5.41) is 6.37. The third-order valence-corrected chi connectivity index (χ3v) is 4.48. The first-order valence-electron chi connectivity index (χ1n) is 9.38. The number of imide groups is 1.